The zero-order valence-corrected chi connectivity index (χ0v) is 8.46. The SMILES string of the molecule is O=C(O)/C(=C\c1ccccc1)c1ccco1. The Hall–Kier alpha value is -2.29. The van der Waals surface area contributed by atoms with Crippen LogP contribution in [0.2, 0.25) is 0 Å². The molecule has 0 unspecified atom stereocenters. The summed E-state index contributed by atoms with van der Waals surface area (Å²) in [5.41, 5.74) is 0.979. The van der Waals surface area contributed by atoms with Crippen LogP contribution in [0.25, 0.3) is 11.6 Å². The van der Waals surface area contributed by atoms with E-state index in [4.69, 9.17) is 9.52 Å². The molecule has 0 spiro atoms. The third kappa shape index (κ3) is 2.20. The molecule has 0 radical (unpaired) electrons. The molecule has 0 aliphatic heterocycles. The Kier molecular flexibility index (Phi) is 2.87. The van der Waals surface area contributed by atoms with Crippen molar-refractivity contribution >= 4 is 17.6 Å². The molecule has 0 fully saturated rings. The molecule has 0 aliphatic rings. The van der Waals surface area contributed by atoms with E-state index in [0.29, 0.717) is 5.76 Å². The molecule has 0 atom stereocenters. The van der Waals surface area contributed by atoms with Gasteiger partial charge in [-0.15, -0.1) is 0 Å². The van der Waals surface area contributed by atoms with Gasteiger partial charge >= 0.3 is 5.97 Å². The van der Waals surface area contributed by atoms with E-state index in [9.17, 15) is 4.79 Å². The van der Waals surface area contributed by atoms with Crippen molar-refractivity contribution in [2.45, 2.75) is 0 Å². The average Bonchev–Trinajstić information content (AvgIpc) is 2.80. The summed E-state index contributed by atoms with van der Waals surface area (Å²) in [7, 11) is 0. The molecule has 0 bridgehead atoms. The maximum Gasteiger partial charge on any atom is 0.339 e. The molecule has 1 aromatic carbocycles. The maximum absolute atomic E-state index is 11.1. The topological polar surface area (TPSA) is 50.4 Å². The van der Waals surface area contributed by atoms with E-state index in [1.807, 2.05) is 30.3 Å². The highest BCUT2D eigenvalue weighted by Gasteiger charge is 2.12. The van der Waals surface area contributed by atoms with Crippen LogP contribution in [0.15, 0.2) is 53.1 Å². The van der Waals surface area contributed by atoms with Gasteiger partial charge in [0.2, 0.25) is 0 Å². The van der Waals surface area contributed by atoms with Crippen LogP contribution in [0.1, 0.15) is 11.3 Å². The molecule has 0 saturated heterocycles. The Bertz CT molecular complexity index is 495. The minimum atomic E-state index is -1.00. The number of hydrogen-bond donors (Lipinski definition) is 1. The molecule has 2 rings (SSSR count). The number of carboxylic acid groups (broad SMARTS) is 1. The predicted octanol–water partition coefficient (Wildman–Crippen LogP) is 2.90. The first kappa shape index (κ1) is 10.2. The predicted molar refractivity (Wildman–Crippen MR) is 60.7 cm³/mol. The summed E-state index contributed by atoms with van der Waals surface area (Å²) in [6, 6.07) is 12.6. The molecule has 3 nitrogen and oxygen atoms in total. The normalized spacial score (nSPS) is 11.4. The third-order valence-electron chi connectivity index (χ3n) is 2.13. The standard InChI is InChI=1S/C13H10O3/c14-13(15)11(12-7-4-8-16-12)9-10-5-2-1-3-6-10/h1-9H,(H,14,15)/b11-9-. The lowest BCUT2D eigenvalue weighted by Gasteiger charge is -1.98. The third-order valence-corrected chi connectivity index (χ3v) is 2.13. The molecular weight excluding hydrogens is 204 g/mol. The van der Waals surface area contributed by atoms with Gasteiger partial charge in [0, 0.05) is 0 Å². The van der Waals surface area contributed by atoms with E-state index in [1.54, 1.807) is 18.2 Å². The summed E-state index contributed by atoms with van der Waals surface area (Å²) in [5.74, 6) is -0.643. The van der Waals surface area contributed by atoms with E-state index in [2.05, 4.69) is 0 Å². The minimum Gasteiger partial charge on any atom is -0.478 e. The van der Waals surface area contributed by atoms with Gasteiger partial charge in [0.15, 0.2) is 0 Å². The fourth-order valence-electron chi connectivity index (χ4n) is 1.39. The smallest absolute Gasteiger partial charge is 0.339 e. The van der Waals surface area contributed by atoms with Crippen LogP contribution in [0.5, 0.6) is 0 Å². The first-order valence-electron chi connectivity index (χ1n) is 4.81. The molecule has 16 heavy (non-hydrogen) atoms. The maximum atomic E-state index is 11.1. The summed E-state index contributed by atoms with van der Waals surface area (Å²) >= 11 is 0. The molecule has 1 aromatic heterocycles. The minimum absolute atomic E-state index is 0.149. The zero-order chi connectivity index (χ0) is 11.4. The van der Waals surface area contributed by atoms with Crippen molar-refractivity contribution in [3.63, 3.8) is 0 Å². The summed E-state index contributed by atoms with van der Waals surface area (Å²) in [6.45, 7) is 0. The lowest BCUT2D eigenvalue weighted by atomic mass is 10.1. The summed E-state index contributed by atoms with van der Waals surface area (Å²) in [4.78, 5) is 11.1. The van der Waals surface area contributed by atoms with Crippen LogP contribution in [0.4, 0.5) is 0 Å². The Balaban J connectivity index is 2.42. The summed E-state index contributed by atoms with van der Waals surface area (Å²) in [5, 5.41) is 9.08. The van der Waals surface area contributed by atoms with Crippen molar-refractivity contribution in [3.8, 4) is 0 Å². The van der Waals surface area contributed by atoms with Gasteiger partial charge in [-0.2, -0.15) is 0 Å². The highest BCUT2D eigenvalue weighted by atomic mass is 16.4. The van der Waals surface area contributed by atoms with Gasteiger partial charge in [0.05, 0.1) is 6.26 Å². The number of rotatable bonds is 3. The number of furan rings is 1. The van der Waals surface area contributed by atoms with Crippen molar-refractivity contribution in [3.05, 3.63) is 60.1 Å². The van der Waals surface area contributed by atoms with Crippen molar-refractivity contribution in [1.29, 1.82) is 0 Å². The van der Waals surface area contributed by atoms with Gasteiger partial charge in [-0.3, -0.25) is 0 Å². The van der Waals surface area contributed by atoms with Gasteiger partial charge < -0.3 is 9.52 Å². The van der Waals surface area contributed by atoms with Crippen LogP contribution in [-0.2, 0) is 4.79 Å². The van der Waals surface area contributed by atoms with Crippen molar-refractivity contribution in [2.24, 2.45) is 0 Å². The Morgan fingerprint density at radius 1 is 1.12 bits per heavy atom. The number of carboxylic acids is 1. The van der Waals surface area contributed by atoms with Crippen LogP contribution in [0, 0.1) is 0 Å². The monoisotopic (exact) mass is 214 g/mol. The van der Waals surface area contributed by atoms with E-state index in [1.165, 1.54) is 6.26 Å². The second-order valence-electron chi connectivity index (χ2n) is 3.25. The van der Waals surface area contributed by atoms with Crippen molar-refractivity contribution in [2.75, 3.05) is 0 Å². The van der Waals surface area contributed by atoms with Gasteiger partial charge in [-0.05, 0) is 23.8 Å². The fourth-order valence-corrected chi connectivity index (χ4v) is 1.39. The molecule has 2 aromatic rings. The quantitative estimate of drug-likeness (QED) is 0.799. The molecule has 0 saturated carbocycles. The van der Waals surface area contributed by atoms with Gasteiger partial charge in [-0.1, -0.05) is 30.3 Å². The van der Waals surface area contributed by atoms with Crippen molar-refractivity contribution < 1.29 is 14.3 Å². The van der Waals surface area contributed by atoms with Crippen LogP contribution in [0.3, 0.4) is 0 Å². The van der Waals surface area contributed by atoms with Gasteiger partial charge in [-0.25, -0.2) is 4.79 Å². The molecule has 0 amide bonds. The van der Waals surface area contributed by atoms with E-state index >= 15 is 0 Å². The number of benzene rings is 1. The van der Waals surface area contributed by atoms with Crippen LogP contribution in [-0.4, -0.2) is 11.1 Å². The number of hydrogen-bond acceptors (Lipinski definition) is 2. The highest BCUT2D eigenvalue weighted by molar-refractivity contribution is 6.19. The molecule has 80 valence electrons. The summed E-state index contributed by atoms with van der Waals surface area (Å²) in [6.07, 6.45) is 3.04. The fraction of sp³-hybridized carbons (Fsp3) is 0. The largest absolute Gasteiger partial charge is 0.478 e. The first-order valence-corrected chi connectivity index (χ1v) is 4.81. The van der Waals surface area contributed by atoms with E-state index < -0.39 is 5.97 Å². The molecular formula is C13H10O3. The highest BCUT2D eigenvalue weighted by Crippen LogP contribution is 2.18. The van der Waals surface area contributed by atoms with E-state index in [-0.39, 0.29) is 5.57 Å². The second kappa shape index (κ2) is 4.49. The molecule has 3 heteroatoms. The number of carbonyl (C=O) groups is 1. The Morgan fingerprint density at radius 3 is 2.44 bits per heavy atom. The second-order valence-corrected chi connectivity index (χ2v) is 3.25. The Morgan fingerprint density at radius 2 is 1.88 bits per heavy atom. The van der Waals surface area contributed by atoms with Crippen LogP contribution < -0.4 is 0 Å². The zero-order valence-electron chi connectivity index (χ0n) is 8.46. The molecule has 1 heterocycles. The lowest BCUT2D eigenvalue weighted by Crippen LogP contribution is -1.98. The number of aliphatic carboxylic acids is 1. The van der Waals surface area contributed by atoms with Crippen molar-refractivity contribution in [1.82, 2.24) is 0 Å². The summed E-state index contributed by atoms with van der Waals surface area (Å²) < 4.78 is 5.08. The van der Waals surface area contributed by atoms with Gasteiger partial charge in [0.1, 0.15) is 11.3 Å². The Labute approximate surface area is 92.6 Å². The molecule has 1 N–H and O–H groups in total. The average molecular weight is 214 g/mol. The van der Waals surface area contributed by atoms with E-state index in [0.717, 1.165) is 5.56 Å². The van der Waals surface area contributed by atoms with Gasteiger partial charge in [0.25, 0.3) is 0 Å². The molecule has 0 aliphatic carbocycles. The first-order chi connectivity index (χ1) is 7.77. The van der Waals surface area contributed by atoms with Crippen LogP contribution >= 0.6 is 0 Å². The lowest BCUT2D eigenvalue weighted by molar-refractivity contribution is -0.130.